The van der Waals surface area contributed by atoms with Gasteiger partial charge in [0.1, 0.15) is 23.1 Å². The molecule has 4 rings (SSSR count). The quantitative estimate of drug-likeness (QED) is 0.328. The first kappa shape index (κ1) is 30.3. The van der Waals surface area contributed by atoms with Gasteiger partial charge in [0.25, 0.3) is 0 Å². The van der Waals surface area contributed by atoms with Gasteiger partial charge in [-0.2, -0.15) is 13.2 Å². The molecule has 41 heavy (non-hydrogen) atoms. The van der Waals surface area contributed by atoms with E-state index in [-0.39, 0.29) is 30.1 Å². The Hall–Kier alpha value is -3.67. The molecule has 0 radical (unpaired) electrons. The molecule has 1 saturated heterocycles. The number of alkyl halides is 3. The average molecular weight is 593 g/mol. The van der Waals surface area contributed by atoms with Crippen LogP contribution in [0.15, 0.2) is 54.6 Å². The van der Waals surface area contributed by atoms with E-state index in [1.807, 2.05) is 36.1 Å². The molecule has 220 valence electrons. The Labute approximate surface area is 237 Å². The molecular weight excluding hydrogens is 560 g/mol. The van der Waals surface area contributed by atoms with Crippen molar-refractivity contribution in [1.29, 1.82) is 0 Å². The van der Waals surface area contributed by atoms with Crippen molar-refractivity contribution in [1.82, 2.24) is 4.98 Å². The van der Waals surface area contributed by atoms with Crippen LogP contribution in [0, 0.1) is 12.7 Å². The number of halogens is 4. The topological polar surface area (TPSA) is 82.6 Å². The minimum Gasteiger partial charge on any atom is -0.368 e. The molecule has 0 amide bonds. The first-order valence-electron chi connectivity index (χ1n) is 13.1. The first-order chi connectivity index (χ1) is 19.2. The predicted molar refractivity (Wildman–Crippen MR) is 151 cm³/mol. The normalized spacial score (nSPS) is 15.1. The lowest BCUT2D eigenvalue weighted by Gasteiger charge is -2.37. The predicted octanol–water partition coefficient (Wildman–Crippen LogP) is 5.55. The fourth-order valence-electron chi connectivity index (χ4n) is 4.78. The van der Waals surface area contributed by atoms with E-state index in [9.17, 15) is 30.8 Å². The van der Waals surface area contributed by atoms with Gasteiger partial charge in [0.15, 0.2) is 0 Å². The number of hydrogen-bond donors (Lipinski definition) is 1. The van der Waals surface area contributed by atoms with E-state index in [2.05, 4.69) is 14.6 Å². The number of pyridine rings is 1. The van der Waals surface area contributed by atoms with Crippen LogP contribution in [0.3, 0.4) is 0 Å². The molecule has 1 atom stereocenters. The van der Waals surface area contributed by atoms with Crippen LogP contribution in [-0.4, -0.2) is 51.6 Å². The first-order valence-corrected chi connectivity index (χ1v) is 15.0. The number of aromatic nitrogens is 1. The monoisotopic (exact) mass is 592 g/mol. The fourth-order valence-corrected chi connectivity index (χ4v) is 5.34. The Morgan fingerprint density at radius 1 is 1.00 bits per heavy atom. The lowest BCUT2D eigenvalue weighted by molar-refractivity contribution is -0.141. The number of sulfonamides is 1. The number of rotatable bonds is 9. The minimum atomic E-state index is -4.61. The number of ketones is 1. The molecule has 0 saturated carbocycles. The lowest BCUT2D eigenvalue weighted by atomic mass is 9.92. The molecule has 1 aliphatic rings. The molecule has 7 nitrogen and oxygen atoms in total. The van der Waals surface area contributed by atoms with E-state index in [4.69, 9.17) is 0 Å². The van der Waals surface area contributed by atoms with Gasteiger partial charge in [-0.3, -0.25) is 9.52 Å². The van der Waals surface area contributed by atoms with Crippen LogP contribution >= 0.6 is 0 Å². The number of carbonyl (C=O) groups is 1. The molecular formula is C29H32F4N4O3S. The van der Waals surface area contributed by atoms with Crippen LogP contribution in [0.4, 0.5) is 34.8 Å². The number of hydrogen-bond acceptors (Lipinski definition) is 6. The van der Waals surface area contributed by atoms with Crippen molar-refractivity contribution in [2.45, 2.75) is 38.8 Å². The second kappa shape index (κ2) is 12.1. The second-order valence-electron chi connectivity index (χ2n) is 10.3. The van der Waals surface area contributed by atoms with Crippen molar-refractivity contribution < 1.29 is 30.8 Å². The van der Waals surface area contributed by atoms with Gasteiger partial charge in [0.2, 0.25) is 10.0 Å². The molecule has 2 heterocycles. The maximum Gasteiger partial charge on any atom is 0.433 e. The van der Waals surface area contributed by atoms with Gasteiger partial charge in [0.05, 0.1) is 11.9 Å². The van der Waals surface area contributed by atoms with Gasteiger partial charge in [-0.05, 0) is 54.8 Å². The van der Waals surface area contributed by atoms with E-state index < -0.39 is 33.6 Å². The summed E-state index contributed by atoms with van der Waals surface area (Å²) in [6, 6.07) is 14.2. The zero-order valence-corrected chi connectivity index (χ0v) is 23.8. The number of piperazine rings is 1. The third-order valence-corrected chi connectivity index (χ3v) is 7.73. The summed E-state index contributed by atoms with van der Waals surface area (Å²) >= 11 is 0. The Morgan fingerprint density at radius 2 is 1.63 bits per heavy atom. The Kier molecular flexibility index (Phi) is 8.91. The minimum absolute atomic E-state index is 0.00943. The van der Waals surface area contributed by atoms with Crippen LogP contribution in [0.2, 0.25) is 0 Å². The van der Waals surface area contributed by atoms with Gasteiger partial charge >= 0.3 is 6.18 Å². The van der Waals surface area contributed by atoms with Crippen molar-refractivity contribution in [2.24, 2.45) is 0 Å². The van der Waals surface area contributed by atoms with Gasteiger partial charge < -0.3 is 9.80 Å². The summed E-state index contributed by atoms with van der Waals surface area (Å²) < 4.78 is 79.9. The summed E-state index contributed by atoms with van der Waals surface area (Å²) in [4.78, 5) is 21.0. The van der Waals surface area contributed by atoms with E-state index in [1.54, 1.807) is 6.92 Å². The third kappa shape index (κ3) is 7.75. The van der Waals surface area contributed by atoms with Crippen molar-refractivity contribution in [3.05, 3.63) is 82.8 Å². The Morgan fingerprint density at radius 3 is 2.22 bits per heavy atom. The highest BCUT2D eigenvalue weighted by atomic mass is 32.2. The number of anilines is 3. The number of carbonyl (C=O) groups excluding carboxylic acids is 1. The van der Waals surface area contributed by atoms with Crippen LogP contribution in [-0.2, 0) is 27.4 Å². The summed E-state index contributed by atoms with van der Waals surface area (Å²) in [6.45, 7) is 5.75. The maximum atomic E-state index is 14.5. The maximum absolute atomic E-state index is 14.5. The van der Waals surface area contributed by atoms with Crippen LogP contribution in [0.5, 0.6) is 0 Å². The molecule has 0 aliphatic carbocycles. The summed E-state index contributed by atoms with van der Waals surface area (Å²) in [5, 5.41) is 0. The molecule has 2 aromatic carbocycles. The number of nitrogens with zero attached hydrogens (tertiary/aromatic N) is 3. The van der Waals surface area contributed by atoms with E-state index >= 15 is 0 Å². The molecule has 0 bridgehead atoms. The smallest absolute Gasteiger partial charge is 0.368 e. The van der Waals surface area contributed by atoms with Crippen LogP contribution < -0.4 is 14.5 Å². The summed E-state index contributed by atoms with van der Waals surface area (Å²) in [5.74, 6) is -1.54. The summed E-state index contributed by atoms with van der Waals surface area (Å²) in [5.41, 5.74) is 1.86. The highest BCUT2D eigenvalue weighted by molar-refractivity contribution is 7.92. The van der Waals surface area contributed by atoms with Crippen molar-refractivity contribution in [2.75, 3.05) is 47.0 Å². The molecule has 0 spiro atoms. The second-order valence-corrected chi connectivity index (χ2v) is 12.0. The van der Waals surface area contributed by atoms with Gasteiger partial charge in [-0.15, -0.1) is 0 Å². The molecule has 12 heteroatoms. The van der Waals surface area contributed by atoms with Crippen LogP contribution in [0.25, 0.3) is 0 Å². The van der Waals surface area contributed by atoms with Crippen molar-refractivity contribution in [3.8, 4) is 0 Å². The standard InChI is InChI=1S/C29H32F4N4O3S/c1-19-4-9-23(10-5-19)36-14-16-37(17-15-36)28-21(8-13-27(34-28)29(31,32)33)7-12-26(38)20(2)22-6-11-25(24(30)18-22)35-41(3,39)40/h4-6,8-11,13,18,20,35H,7,12,14-17H2,1-3H3. The SMILES string of the molecule is Cc1ccc(N2CCN(c3nc(C(F)(F)F)ccc3CCC(=O)C(C)c3ccc(NS(C)(=O)=O)c(F)c3)CC2)cc1. The molecule has 1 aromatic heterocycles. The largest absolute Gasteiger partial charge is 0.433 e. The number of benzene rings is 2. The Bertz CT molecular complexity index is 1500. The van der Waals surface area contributed by atoms with Crippen molar-refractivity contribution in [3.63, 3.8) is 0 Å². The van der Waals surface area contributed by atoms with E-state index in [0.717, 1.165) is 29.6 Å². The third-order valence-electron chi connectivity index (χ3n) is 7.14. The number of Topliss-reactive ketones (excluding diaryl/α,β-unsaturated/α-hetero) is 1. The van der Waals surface area contributed by atoms with Gasteiger partial charge in [-0.1, -0.05) is 36.8 Å². The zero-order valence-electron chi connectivity index (χ0n) is 23.0. The van der Waals surface area contributed by atoms with E-state index in [1.165, 1.54) is 18.2 Å². The highest BCUT2D eigenvalue weighted by Gasteiger charge is 2.34. The lowest BCUT2D eigenvalue weighted by Crippen LogP contribution is -2.47. The highest BCUT2D eigenvalue weighted by Crippen LogP contribution is 2.32. The molecule has 3 aromatic rings. The number of aryl methyl sites for hydroxylation is 2. The Balaban J connectivity index is 1.48. The van der Waals surface area contributed by atoms with Crippen LogP contribution in [0.1, 0.15) is 41.6 Å². The summed E-state index contributed by atoms with van der Waals surface area (Å²) in [7, 11) is -3.67. The molecule has 1 fully saturated rings. The fraction of sp³-hybridized carbons (Fsp3) is 0.379. The average Bonchev–Trinajstić information content (AvgIpc) is 2.91. The molecule has 1 aliphatic heterocycles. The molecule has 1 N–H and O–H groups in total. The zero-order chi connectivity index (χ0) is 29.9. The van der Waals surface area contributed by atoms with E-state index in [0.29, 0.717) is 37.3 Å². The summed E-state index contributed by atoms with van der Waals surface area (Å²) in [6.07, 6.45) is -3.53. The molecule has 1 unspecified atom stereocenters. The van der Waals surface area contributed by atoms with Gasteiger partial charge in [-0.25, -0.2) is 17.8 Å². The van der Waals surface area contributed by atoms with Gasteiger partial charge in [0, 0.05) is 44.2 Å². The van der Waals surface area contributed by atoms with Crippen molar-refractivity contribution >= 4 is 33.0 Å². The number of nitrogens with one attached hydrogen (secondary N) is 1.